The number of nitrogens with one attached hydrogen (secondary N) is 1. The molecule has 1 amide bonds. The van der Waals surface area contributed by atoms with Crippen molar-refractivity contribution in [3.63, 3.8) is 0 Å². The Labute approximate surface area is 150 Å². The van der Waals surface area contributed by atoms with Crippen LogP contribution < -0.4 is 5.32 Å². The van der Waals surface area contributed by atoms with E-state index in [9.17, 15) is 9.59 Å². The summed E-state index contributed by atoms with van der Waals surface area (Å²) in [5, 5.41) is 11.0. The van der Waals surface area contributed by atoms with Crippen molar-refractivity contribution in [3.8, 4) is 11.5 Å². The van der Waals surface area contributed by atoms with Crippen molar-refractivity contribution in [1.82, 2.24) is 15.5 Å². The normalized spacial score (nSPS) is 10.5. The van der Waals surface area contributed by atoms with Gasteiger partial charge in [0.2, 0.25) is 11.8 Å². The summed E-state index contributed by atoms with van der Waals surface area (Å²) in [7, 11) is 1.34. The van der Waals surface area contributed by atoms with Crippen molar-refractivity contribution >= 4 is 23.6 Å². The zero-order valence-corrected chi connectivity index (χ0v) is 15.3. The highest BCUT2D eigenvalue weighted by Gasteiger charge is 2.12. The van der Waals surface area contributed by atoms with Gasteiger partial charge in [0.1, 0.15) is 0 Å². The fraction of sp³-hybridized carbons (Fsp3) is 0.412. The number of methoxy groups -OCH3 is 1. The minimum atomic E-state index is -0.284. The van der Waals surface area contributed by atoms with E-state index in [0.717, 1.165) is 11.1 Å². The molecule has 0 spiro atoms. The molecule has 7 nitrogen and oxygen atoms in total. The fourth-order valence-electron chi connectivity index (χ4n) is 2.00. The van der Waals surface area contributed by atoms with Gasteiger partial charge in [-0.15, -0.1) is 10.2 Å². The molecule has 0 unspecified atom stereocenters. The number of carbonyl (C=O) groups is 2. The van der Waals surface area contributed by atoms with Gasteiger partial charge in [0.05, 0.1) is 12.9 Å². The van der Waals surface area contributed by atoms with Crippen LogP contribution in [-0.4, -0.2) is 41.5 Å². The first-order valence-corrected chi connectivity index (χ1v) is 8.85. The number of rotatable bonds is 8. The van der Waals surface area contributed by atoms with Gasteiger partial charge in [-0.05, 0) is 43.5 Å². The Morgan fingerprint density at radius 2 is 2.04 bits per heavy atom. The largest absolute Gasteiger partial charge is 0.469 e. The van der Waals surface area contributed by atoms with Crippen LogP contribution in [0.5, 0.6) is 0 Å². The molecule has 0 aliphatic carbocycles. The molecule has 1 aromatic carbocycles. The van der Waals surface area contributed by atoms with E-state index in [1.165, 1.54) is 24.4 Å². The second-order valence-electron chi connectivity index (χ2n) is 5.49. The Morgan fingerprint density at radius 1 is 1.24 bits per heavy atom. The van der Waals surface area contributed by atoms with Gasteiger partial charge >= 0.3 is 5.97 Å². The lowest BCUT2D eigenvalue weighted by molar-refractivity contribution is -0.140. The van der Waals surface area contributed by atoms with Gasteiger partial charge in [0.25, 0.3) is 5.22 Å². The van der Waals surface area contributed by atoms with E-state index in [0.29, 0.717) is 24.1 Å². The molecule has 0 saturated carbocycles. The molecule has 8 heteroatoms. The van der Waals surface area contributed by atoms with Crippen LogP contribution in [0.25, 0.3) is 11.5 Å². The van der Waals surface area contributed by atoms with Crippen molar-refractivity contribution < 1.29 is 18.7 Å². The third-order valence-electron chi connectivity index (χ3n) is 3.59. The number of esters is 1. The molecule has 2 rings (SSSR count). The van der Waals surface area contributed by atoms with Crippen LogP contribution in [0.3, 0.4) is 0 Å². The number of carbonyl (C=O) groups excluding carboxylic acids is 2. The number of thioether (sulfide) groups is 1. The summed E-state index contributed by atoms with van der Waals surface area (Å²) in [6.07, 6.45) is 0.827. The lowest BCUT2D eigenvalue weighted by atomic mass is 10.1. The predicted octanol–water partition coefficient (Wildman–Crippen LogP) is 2.51. The van der Waals surface area contributed by atoms with E-state index in [-0.39, 0.29) is 24.1 Å². The zero-order chi connectivity index (χ0) is 18.2. The van der Waals surface area contributed by atoms with Gasteiger partial charge in [-0.3, -0.25) is 9.59 Å². The summed E-state index contributed by atoms with van der Waals surface area (Å²) >= 11 is 1.18. The van der Waals surface area contributed by atoms with Crippen LogP contribution in [0.2, 0.25) is 0 Å². The molecule has 1 aromatic heterocycles. The molecule has 0 aliphatic rings. The number of hydrogen-bond donors (Lipinski definition) is 1. The van der Waals surface area contributed by atoms with E-state index in [2.05, 4.69) is 20.3 Å². The Balaban J connectivity index is 1.78. The van der Waals surface area contributed by atoms with Gasteiger partial charge in [0.15, 0.2) is 0 Å². The van der Waals surface area contributed by atoms with Crippen LogP contribution in [0, 0.1) is 13.8 Å². The molecular formula is C17H21N3O4S. The van der Waals surface area contributed by atoms with Gasteiger partial charge in [0, 0.05) is 18.5 Å². The number of nitrogens with zero attached hydrogens (tertiary/aromatic N) is 2. The Morgan fingerprint density at radius 3 is 2.76 bits per heavy atom. The maximum atomic E-state index is 11.8. The number of amides is 1. The SMILES string of the molecule is COC(=O)CCCNC(=O)CSc1nnc(-c2ccc(C)c(C)c2)o1. The molecule has 0 radical (unpaired) electrons. The van der Waals surface area contributed by atoms with Crippen LogP contribution in [0.15, 0.2) is 27.8 Å². The molecule has 0 atom stereocenters. The summed E-state index contributed by atoms with van der Waals surface area (Å²) < 4.78 is 10.1. The Kier molecular flexibility index (Phi) is 7.00. The summed E-state index contributed by atoms with van der Waals surface area (Å²) in [6.45, 7) is 4.49. The first-order chi connectivity index (χ1) is 12.0. The Hall–Kier alpha value is -2.35. The lowest BCUT2D eigenvalue weighted by Gasteiger charge is -2.03. The molecule has 134 valence electrons. The molecule has 1 heterocycles. The van der Waals surface area contributed by atoms with E-state index < -0.39 is 0 Å². The number of aryl methyl sites for hydroxylation is 2. The Bertz CT molecular complexity index is 745. The van der Waals surface area contributed by atoms with Gasteiger partial charge in [-0.2, -0.15) is 0 Å². The second-order valence-corrected chi connectivity index (χ2v) is 6.42. The minimum absolute atomic E-state index is 0.152. The molecule has 2 aromatic rings. The lowest BCUT2D eigenvalue weighted by Crippen LogP contribution is -2.26. The molecular weight excluding hydrogens is 342 g/mol. The van der Waals surface area contributed by atoms with Crippen molar-refractivity contribution in [1.29, 1.82) is 0 Å². The second kappa shape index (κ2) is 9.22. The van der Waals surface area contributed by atoms with E-state index in [4.69, 9.17) is 4.42 Å². The van der Waals surface area contributed by atoms with Crippen molar-refractivity contribution in [3.05, 3.63) is 29.3 Å². The summed E-state index contributed by atoms with van der Waals surface area (Å²) in [5.41, 5.74) is 3.20. The van der Waals surface area contributed by atoms with Gasteiger partial charge < -0.3 is 14.5 Å². The highest BCUT2D eigenvalue weighted by atomic mass is 32.2. The van der Waals surface area contributed by atoms with Crippen LogP contribution in [-0.2, 0) is 14.3 Å². The third-order valence-corrected chi connectivity index (χ3v) is 4.41. The van der Waals surface area contributed by atoms with E-state index in [1.807, 2.05) is 32.0 Å². The van der Waals surface area contributed by atoms with Crippen molar-refractivity contribution in [2.45, 2.75) is 31.9 Å². The third kappa shape index (κ3) is 5.90. The molecule has 0 saturated heterocycles. The van der Waals surface area contributed by atoms with Crippen molar-refractivity contribution in [2.75, 3.05) is 19.4 Å². The quantitative estimate of drug-likeness (QED) is 0.437. The molecule has 0 fully saturated rings. The first-order valence-electron chi connectivity index (χ1n) is 7.87. The van der Waals surface area contributed by atoms with Gasteiger partial charge in [-0.25, -0.2) is 0 Å². The predicted molar refractivity (Wildman–Crippen MR) is 94.2 cm³/mol. The van der Waals surface area contributed by atoms with Gasteiger partial charge in [-0.1, -0.05) is 17.8 Å². The molecule has 1 N–H and O–H groups in total. The average Bonchev–Trinajstić information content (AvgIpc) is 3.08. The molecule has 25 heavy (non-hydrogen) atoms. The number of hydrogen-bond acceptors (Lipinski definition) is 7. The standard InChI is InChI=1S/C17H21N3O4S/c1-11-6-7-13(9-12(11)2)16-19-20-17(24-16)25-10-14(21)18-8-4-5-15(22)23-3/h6-7,9H,4-5,8,10H2,1-3H3,(H,18,21). The van der Waals surface area contributed by atoms with Crippen LogP contribution in [0.4, 0.5) is 0 Å². The smallest absolute Gasteiger partial charge is 0.305 e. The highest BCUT2D eigenvalue weighted by Crippen LogP contribution is 2.24. The fourth-order valence-corrected chi connectivity index (χ4v) is 2.59. The number of aromatic nitrogens is 2. The van der Waals surface area contributed by atoms with Crippen LogP contribution in [0.1, 0.15) is 24.0 Å². The average molecular weight is 363 g/mol. The minimum Gasteiger partial charge on any atom is -0.469 e. The van der Waals surface area contributed by atoms with Crippen LogP contribution >= 0.6 is 11.8 Å². The topological polar surface area (TPSA) is 94.3 Å². The molecule has 0 bridgehead atoms. The summed E-state index contributed by atoms with van der Waals surface area (Å²) in [5.74, 6) is 0.172. The number of benzene rings is 1. The molecule has 0 aliphatic heterocycles. The summed E-state index contributed by atoms with van der Waals surface area (Å²) in [4.78, 5) is 22.7. The maximum Gasteiger partial charge on any atom is 0.305 e. The van der Waals surface area contributed by atoms with Crippen molar-refractivity contribution in [2.24, 2.45) is 0 Å². The maximum absolute atomic E-state index is 11.8. The highest BCUT2D eigenvalue weighted by molar-refractivity contribution is 7.99. The monoisotopic (exact) mass is 363 g/mol. The van der Waals surface area contributed by atoms with E-state index in [1.54, 1.807) is 0 Å². The summed E-state index contributed by atoms with van der Waals surface area (Å²) in [6, 6.07) is 5.92. The zero-order valence-electron chi connectivity index (χ0n) is 14.5. The number of ether oxygens (including phenoxy) is 1. The first kappa shape index (κ1) is 19.0. The van der Waals surface area contributed by atoms with E-state index >= 15 is 0 Å².